The SMILES string of the molecule is CCCCCCCC/C=C\CCCCCCCCN(C(=O)C[N+](C)(C)C)[C@](CCCCCCCC/C=C\CCCCCCCC)(CCC(=O)Cl)C(=O)Cl. The van der Waals surface area contributed by atoms with Gasteiger partial charge in [0.2, 0.25) is 10.5 Å². The monoisotopic (exact) mass is 784 g/mol. The summed E-state index contributed by atoms with van der Waals surface area (Å²) in [6, 6.07) is 0. The summed E-state index contributed by atoms with van der Waals surface area (Å²) in [6.45, 7) is 5.27. The van der Waals surface area contributed by atoms with Crippen LogP contribution in [0, 0.1) is 0 Å². The number of allylic oxidation sites excluding steroid dienone is 4. The summed E-state index contributed by atoms with van der Waals surface area (Å²) in [5.74, 6) is -0.0779. The van der Waals surface area contributed by atoms with Crippen molar-refractivity contribution in [2.75, 3.05) is 34.2 Å². The Balaban J connectivity index is 4.89. The quantitative estimate of drug-likeness (QED) is 0.0270. The highest BCUT2D eigenvalue weighted by atomic mass is 35.5. The minimum atomic E-state index is -1.21. The van der Waals surface area contributed by atoms with E-state index in [2.05, 4.69) is 38.2 Å². The van der Waals surface area contributed by atoms with Crippen LogP contribution in [0.2, 0.25) is 0 Å². The van der Waals surface area contributed by atoms with Gasteiger partial charge in [-0.15, -0.1) is 0 Å². The first kappa shape index (κ1) is 51.8. The fourth-order valence-corrected chi connectivity index (χ4v) is 7.64. The van der Waals surface area contributed by atoms with Gasteiger partial charge >= 0.3 is 0 Å². The number of nitrogens with zero attached hydrogens (tertiary/aromatic N) is 2. The Kier molecular flexibility index (Phi) is 34.5. The summed E-state index contributed by atoms with van der Waals surface area (Å²) in [4.78, 5) is 41.0. The first-order chi connectivity index (χ1) is 25.5. The fourth-order valence-electron chi connectivity index (χ4n) is 7.25. The van der Waals surface area contributed by atoms with Crippen LogP contribution in [0.25, 0.3) is 0 Å². The fraction of sp³-hybridized carbons (Fsp3) is 0.848. The zero-order chi connectivity index (χ0) is 39.5. The molecule has 0 radical (unpaired) electrons. The molecule has 53 heavy (non-hydrogen) atoms. The van der Waals surface area contributed by atoms with Crippen molar-refractivity contribution in [3.63, 3.8) is 0 Å². The Morgan fingerprint density at radius 3 is 1.23 bits per heavy atom. The van der Waals surface area contributed by atoms with Crippen LogP contribution >= 0.6 is 23.2 Å². The molecule has 0 aromatic carbocycles. The Labute approximate surface area is 339 Å². The van der Waals surface area contributed by atoms with Crippen molar-refractivity contribution in [1.29, 1.82) is 0 Å². The van der Waals surface area contributed by atoms with Gasteiger partial charge in [-0.3, -0.25) is 14.4 Å². The highest BCUT2D eigenvalue weighted by Crippen LogP contribution is 2.33. The number of quaternary nitrogens is 1. The lowest BCUT2D eigenvalue weighted by atomic mass is 9.85. The van der Waals surface area contributed by atoms with E-state index >= 15 is 0 Å². The minimum absolute atomic E-state index is 0.0218. The Morgan fingerprint density at radius 2 is 0.868 bits per heavy atom. The van der Waals surface area contributed by atoms with Crippen LogP contribution in [0.5, 0.6) is 0 Å². The summed E-state index contributed by atoms with van der Waals surface area (Å²) in [5, 5.41) is -1.04. The molecule has 0 spiro atoms. The van der Waals surface area contributed by atoms with E-state index in [4.69, 9.17) is 23.2 Å². The number of unbranched alkanes of at least 4 members (excludes halogenated alkanes) is 24. The molecule has 0 aromatic heterocycles. The zero-order valence-corrected chi connectivity index (χ0v) is 37.0. The molecule has 0 N–H and O–H groups in total. The summed E-state index contributed by atoms with van der Waals surface area (Å²) in [7, 11) is 5.95. The molecule has 0 rings (SSSR count). The molecule has 0 aliphatic heterocycles. The number of carbonyl (C=O) groups is 3. The largest absolute Gasteiger partial charge is 0.324 e. The van der Waals surface area contributed by atoms with E-state index in [0.717, 1.165) is 57.8 Å². The number of amides is 1. The number of hydrogen-bond acceptors (Lipinski definition) is 3. The van der Waals surface area contributed by atoms with Crippen LogP contribution in [0.15, 0.2) is 24.3 Å². The molecule has 0 bridgehead atoms. The molecule has 0 heterocycles. The summed E-state index contributed by atoms with van der Waals surface area (Å²) in [6.07, 6.45) is 43.9. The Hall–Kier alpha value is -1.17. The van der Waals surface area contributed by atoms with Gasteiger partial charge in [-0.2, -0.15) is 0 Å². The molecule has 0 unspecified atom stereocenters. The van der Waals surface area contributed by atoms with E-state index in [9.17, 15) is 14.4 Å². The highest BCUT2D eigenvalue weighted by molar-refractivity contribution is 6.66. The van der Waals surface area contributed by atoms with E-state index in [0.29, 0.717) is 17.4 Å². The summed E-state index contributed by atoms with van der Waals surface area (Å²) >= 11 is 12.3. The molecule has 0 fully saturated rings. The average molecular weight is 785 g/mol. The van der Waals surface area contributed by atoms with Crippen LogP contribution in [0.1, 0.15) is 213 Å². The molecule has 1 amide bonds. The van der Waals surface area contributed by atoms with Crippen LogP contribution in [0.4, 0.5) is 0 Å². The lowest BCUT2D eigenvalue weighted by Gasteiger charge is -2.42. The number of rotatable bonds is 39. The molecule has 1 atom stereocenters. The third kappa shape index (κ3) is 30.7. The van der Waals surface area contributed by atoms with Crippen molar-refractivity contribution in [3.05, 3.63) is 24.3 Å². The normalized spacial score (nSPS) is 13.3. The molecular weight excluding hydrogens is 699 g/mol. The van der Waals surface area contributed by atoms with E-state index in [-0.39, 0.29) is 25.3 Å². The predicted octanol–water partition coefficient (Wildman–Crippen LogP) is 14.0. The average Bonchev–Trinajstić information content (AvgIpc) is 3.10. The first-order valence-electron chi connectivity index (χ1n) is 22.3. The van der Waals surface area contributed by atoms with Crippen LogP contribution < -0.4 is 0 Å². The second-order valence-corrected chi connectivity index (χ2v) is 17.5. The molecule has 0 aliphatic rings. The number of carbonyl (C=O) groups excluding carboxylic acids is 3. The standard InChI is InChI=1S/C46H85Cl2N2O3/c1-6-8-10-12-14-16-18-20-22-24-26-28-30-32-34-36-39-46(45(48)53,40-38-43(47)51)49(44(52)42-50(3,4)5)41-37-35-33-31-29-27-25-23-21-19-17-15-13-11-9-7-2/h20-23H,6-19,24-42H2,1-5H3/q+1/b22-20-,23-21-/t46-/m1/s1. The maximum Gasteiger partial charge on any atom is 0.278 e. The van der Waals surface area contributed by atoms with E-state index < -0.39 is 16.0 Å². The maximum absolute atomic E-state index is 13.9. The first-order valence-corrected chi connectivity index (χ1v) is 23.0. The molecule has 0 aromatic rings. The van der Waals surface area contributed by atoms with Crippen LogP contribution in [0.3, 0.4) is 0 Å². The van der Waals surface area contributed by atoms with Gasteiger partial charge in [-0.25, -0.2) is 0 Å². The molecular formula is C46H85Cl2N2O3+. The van der Waals surface area contributed by atoms with Gasteiger partial charge in [-0.1, -0.05) is 160 Å². The molecule has 0 saturated heterocycles. The topological polar surface area (TPSA) is 54.5 Å². The van der Waals surface area contributed by atoms with Crippen molar-refractivity contribution in [2.45, 2.75) is 218 Å². The van der Waals surface area contributed by atoms with Gasteiger partial charge in [0.05, 0.1) is 21.1 Å². The smallest absolute Gasteiger partial charge is 0.278 e. The second-order valence-electron chi connectivity index (χ2n) is 16.8. The van der Waals surface area contributed by atoms with Gasteiger partial charge in [0.15, 0.2) is 6.54 Å². The molecule has 7 heteroatoms. The third-order valence-corrected chi connectivity index (χ3v) is 11.1. The van der Waals surface area contributed by atoms with Crippen molar-refractivity contribution in [1.82, 2.24) is 4.90 Å². The van der Waals surface area contributed by atoms with Gasteiger partial charge < -0.3 is 9.38 Å². The minimum Gasteiger partial charge on any atom is -0.324 e. The van der Waals surface area contributed by atoms with Crippen molar-refractivity contribution < 1.29 is 18.9 Å². The maximum atomic E-state index is 13.9. The number of likely N-dealkylation sites (N-methyl/N-ethyl adjacent to an activating group) is 1. The van der Waals surface area contributed by atoms with Gasteiger partial charge in [0.1, 0.15) is 5.54 Å². The molecule has 310 valence electrons. The number of hydrogen-bond donors (Lipinski definition) is 0. The Bertz CT molecular complexity index is 961. The predicted molar refractivity (Wildman–Crippen MR) is 232 cm³/mol. The van der Waals surface area contributed by atoms with Crippen molar-refractivity contribution >= 4 is 39.6 Å². The highest BCUT2D eigenvalue weighted by Gasteiger charge is 2.45. The molecule has 0 aliphatic carbocycles. The lowest BCUT2D eigenvalue weighted by Crippen LogP contribution is -2.59. The van der Waals surface area contributed by atoms with Crippen molar-refractivity contribution in [3.8, 4) is 0 Å². The van der Waals surface area contributed by atoms with E-state index in [1.165, 1.54) is 122 Å². The van der Waals surface area contributed by atoms with Crippen LogP contribution in [-0.2, 0) is 14.4 Å². The summed E-state index contributed by atoms with van der Waals surface area (Å²) < 4.78 is 0.456. The summed E-state index contributed by atoms with van der Waals surface area (Å²) in [5.41, 5.74) is -1.21. The van der Waals surface area contributed by atoms with Crippen molar-refractivity contribution in [2.24, 2.45) is 0 Å². The lowest BCUT2D eigenvalue weighted by molar-refractivity contribution is -0.862. The molecule has 5 nitrogen and oxygen atoms in total. The van der Waals surface area contributed by atoms with Crippen LogP contribution in [-0.4, -0.2) is 65.5 Å². The zero-order valence-electron chi connectivity index (χ0n) is 35.5. The van der Waals surface area contributed by atoms with Gasteiger partial charge in [-0.05, 0) is 93.8 Å². The van der Waals surface area contributed by atoms with E-state index in [1.807, 2.05) is 21.1 Å². The van der Waals surface area contributed by atoms with Gasteiger partial charge in [0, 0.05) is 13.0 Å². The molecule has 0 saturated carbocycles. The Morgan fingerprint density at radius 1 is 0.509 bits per heavy atom. The second kappa shape index (κ2) is 35.3. The number of halogens is 2. The van der Waals surface area contributed by atoms with Gasteiger partial charge in [0.25, 0.3) is 5.91 Å². The van der Waals surface area contributed by atoms with E-state index in [1.54, 1.807) is 4.90 Å². The third-order valence-electron chi connectivity index (χ3n) is 10.5.